The normalized spacial score (nSPS) is 12.8. The highest BCUT2D eigenvalue weighted by Crippen LogP contribution is 2.23. The number of rotatable bonds is 4. The molecule has 4 rings (SSSR count). The van der Waals surface area contributed by atoms with Crippen molar-refractivity contribution in [1.29, 1.82) is 0 Å². The van der Waals surface area contributed by atoms with Gasteiger partial charge in [-0.3, -0.25) is 9.59 Å². The maximum Gasteiger partial charge on any atom is 0.274 e. The van der Waals surface area contributed by atoms with Crippen molar-refractivity contribution < 1.29 is 9.59 Å². The molecule has 0 atom stereocenters. The van der Waals surface area contributed by atoms with Crippen molar-refractivity contribution in [2.45, 2.75) is 19.9 Å². The number of carbonyl (C=O) groups excluding carboxylic acids is 2. The van der Waals surface area contributed by atoms with Crippen molar-refractivity contribution in [3.8, 4) is 0 Å². The fourth-order valence-electron chi connectivity index (χ4n) is 3.41. The summed E-state index contributed by atoms with van der Waals surface area (Å²) in [6, 6.07) is 17.1. The summed E-state index contributed by atoms with van der Waals surface area (Å²) >= 11 is 0. The molecule has 7 nitrogen and oxygen atoms in total. The highest BCUT2D eigenvalue weighted by molar-refractivity contribution is 6.03. The van der Waals surface area contributed by atoms with E-state index in [0.717, 1.165) is 25.3 Å². The van der Waals surface area contributed by atoms with Gasteiger partial charge in [-0.05, 0) is 35.7 Å². The topological polar surface area (TPSA) is 87.2 Å². The number of nitrogens with zero attached hydrogens (tertiary/aromatic N) is 3. The van der Waals surface area contributed by atoms with Gasteiger partial charge in [0.15, 0.2) is 0 Å². The van der Waals surface area contributed by atoms with Crippen LogP contribution in [0.15, 0.2) is 60.9 Å². The van der Waals surface area contributed by atoms with Gasteiger partial charge < -0.3 is 15.5 Å². The third kappa shape index (κ3) is 4.40. The summed E-state index contributed by atoms with van der Waals surface area (Å²) in [6.07, 6.45) is 2.36. The number of hydrogen-bond acceptors (Lipinski definition) is 5. The first-order chi connectivity index (χ1) is 14.1. The highest BCUT2D eigenvalue weighted by Gasteiger charge is 2.18. The second-order valence-corrected chi connectivity index (χ2v) is 6.92. The van der Waals surface area contributed by atoms with Crippen molar-refractivity contribution >= 4 is 29.0 Å². The molecule has 0 unspecified atom stereocenters. The Bertz CT molecular complexity index is 1070. The molecule has 0 spiro atoms. The van der Waals surface area contributed by atoms with Gasteiger partial charge in [0.25, 0.3) is 5.91 Å². The van der Waals surface area contributed by atoms with E-state index < -0.39 is 0 Å². The van der Waals surface area contributed by atoms with E-state index in [0.29, 0.717) is 17.1 Å². The molecule has 2 aromatic carbocycles. The summed E-state index contributed by atoms with van der Waals surface area (Å²) in [5, 5.41) is 5.51. The van der Waals surface area contributed by atoms with Gasteiger partial charge in [-0.25, -0.2) is 9.97 Å². The van der Waals surface area contributed by atoms with E-state index in [9.17, 15) is 9.59 Å². The second kappa shape index (κ2) is 8.10. The molecule has 0 radical (unpaired) electrons. The van der Waals surface area contributed by atoms with Crippen LogP contribution in [-0.2, 0) is 17.8 Å². The zero-order valence-corrected chi connectivity index (χ0v) is 16.1. The molecule has 2 heterocycles. The molecule has 0 saturated carbocycles. The molecule has 0 bridgehead atoms. The average molecular weight is 387 g/mol. The minimum Gasteiger partial charge on any atom is -0.352 e. The van der Waals surface area contributed by atoms with Gasteiger partial charge in [0, 0.05) is 37.5 Å². The maximum absolute atomic E-state index is 12.7. The Morgan fingerprint density at radius 1 is 0.931 bits per heavy atom. The first kappa shape index (κ1) is 18.6. The Kier molecular flexibility index (Phi) is 5.20. The zero-order chi connectivity index (χ0) is 20.2. The van der Waals surface area contributed by atoms with Crippen LogP contribution >= 0.6 is 0 Å². The van der Waals surface area contributed by atoms with Crippen LogP contribution in [-0.4, -0.2) is 28.3 Å². The predicted molar refractivity (Wildman–Crippen MR) is 112 cm³/mol. The highest BCUT2D eigenvalue weighted by atomic mass is 16.2. The SMILES string of the molecule is CC(=O)Nc1cccc(NC(=O)c2cc(N3CCc4ccccc4C3)ncn2)c1. The predicted octanol–water partition coefficient (Wildman–Crippen LogP) is 3.25. The van der Waals surface area contributed by atoms with Gasteiger partial charge >= 0.3 is 0 Å². The number of carbonyl (C=O) groups is 2. The van der Waals surface area contributed by atoms with Crippen molar-refractivity contribution in [1.82, 2.24) is 9.97 Å². The number of aromatic nitrogens is 2. The van der Waals surface area contributed by atoms with Gasteiger partial charge in [-0.15, -0.1) is 0 Å². The van der Waals surface area contributed by atoms with Crippen LogP contribution in [0.5, 0.6) is 0 Å². The van der Waals surface area contributed by atoms with E-state index in [2.05, 4.69) is 43.7 Å². The molecule has 1 aliphatic rings. The molecule has 0 fully saturated rings. The molecular weight excluding hydrogens is 366 g/mol. The van der Waals surface area contributed by atoms with Crippen molar-refractivity contribution in [2.75, 3.05) is 22.1 Å². The third-order valence-electron chi connectivity index (χ3n) is 4.78. The number of benzene rings is 2. The molecule has 2 amide bonds. The van der Waals surface area contributed by atoms with Crippen LogP contribution in [0.1, 0.15) is 28.5 Å². The Hall–Kier alpha value is -3.74. The summed E-state index contributed by atoms with van der Waals surface area (Å²) in [5.74, 6) is 0.231. The molecule has 2 N–H and O–H groups in total. The molecular formula is C22H21N5O2. The fourth-order valence-corrected chi connectivity index (χ4v) is 3.41. The standard InChI is InChI=1S/C22H21N5O2/c1-15(28)25-18-7-4-8-19(11-18)26-22(29)20-12-21(24-14-23-20)27-10-9-16-5-2-3-6-17(16)13-27/h2-8,11-12,14H,9-10,13H2,1H3,(H,25,28)(H,26,29). The first-order valence-corrected chi connectivity index (χ1v) is 9.41. The second-order valence-electron chi connectivity index (χ2n) is 6.92. The molecule has 0 aliphatic carbocycles. The van der Waals surface area contributed by atoms with Crippen LogP contribution in [0.4, 0.5) is 17.2 Å². The third-order valence-corrected chi connectivity index (χ3v) is 4.78. The van der Waals surface area contributed by atoms with E-state index in [1.54, 1.807) is 30.3 Å². The number of anilines is 3. The summed E-state index contributed by atoms with van der Waals surface area (Å²) in [6.45, 7) is 3.04. The van der Waals surface area contributed by atoms with Crippen LogP contribution in [0.2, 0.25) is 0 Å². The lowest BCUT2D eigenvalue weighted by Gasteiger charge is -2.29. The van der Waals surface area contributed by atoms with Crippen molar-refractivity contribution in [2.24, 2.45) is 0 Å². The summed E-state index contributed by atoms with van der Waals surface area (Å²) in [7, 11) is 0. The van der Waals surface area contributed by atoms with Gasteiger partial charge in [0.1, 0.15) is 17.8 Å². The van der Waals surface area contributed by atoms with E-state index in [1.807, 2.05) is 6.07 Å². The van der Waals surface area contributed by atoms with Gasteiger partial charge in [-0.2, -0.15) is 0 Å². The fraction of sp³-hybridized carbons (Fsp3) is 0.182. The molecule has 146 valence electrons. The Balaban J connectivity index is 1.49. The van der Waals surface area contributed by atoms with Crippen LogP contribution in [0, 0.1) is 0 Å². The smallest absolute Gasteiger partial charge is 0.274 e. The number of amides is 2. The van der Waals surface area contributed by atoms with Crippen molar-refractivity contribution in [3.05, 3.63) is 77.7 Å². The number of nitrogens with one attached hydrogen (secondary N) is 2. The maximum atomic E-state index is 12.7. The Morgan fingerprint density at radius 2 is 1.69 bits per heavy atom. The summed E-state index contributed by atoms with van der Waals surface area (Å²) in [5.41, 5.74) is 4.12. The van der Waals surface area contributed by atoms with Gasteiger partial charge in [-0.1, -0.05) is 30.3 Å². The van der Waals surface area contributed by atoms with E-state index >= 15 is 0 Å². The first-order valence-electron chi connectivity index (χ1n) is 9.41. The van der Waals surface area contributed by atoms with E-state index in [-0.39, 0.29) is 11.8 Å². The van der Waals surface area contributed by atoms with E-state index in [1.165, 1.54) is 24.4 Å². The average Bonchev–Trinajstić information content (AvgIpc) is 2.73. The lowest BCUT2D eigenvalue weighted by atomic mass is 10.00. The minimum atomic E-state index is -0.328. The summed E-state index contributed by atoms with van der Waals surface area (Å²) in [4.78, 5) is 34.5. The molecule has 1 aliphatic heterocycles. The molecule has 7 heteroatoms. The van der Waals surface area contributed by atoms with Crippen LogP contribution < -0.4 is 15.5 Å². The lowest BCUT2D eigenvalue weighted by Crippen LogP contribution is -2.31. The Labute approximate surface area is 168 Å². The molecule has 3 aromatic rings. The monoisotopic (exact) mass is 387 g/mol. The Morgan fingerprint density at radius 3 is 2.48 bits per heavy atom. The minimum absolute atomic E-state index is 0.169. The zero-order valence-electron chi connectivity index (χ0n) is 16.1. The van der Waals surface area contributed by atoms with Gasteiger partial charge in [0.05, 0.1) is 0 Å². The van der Waals surface area contributed by atoms with Crippen LogP contribution in [0.3, 0.4) is 0 Å². The van der Waals surface area contributed by atoms with Crippen LogP contribution in [0.25, 0.3) is 0 Å². The molecule has 29 heavy (non-hydrogen) atoms. The molecule has 0 saturated heterocycles. The quantitative estimate of drug-likeness (QED) is 0.718. The molecule has 1 aromatic heterocycles. The lowest BCUT2D eigenvalue weighted by molar-refractivity contribution is -0.114. The van der Waals surface area contributed by atoms with Crippen molar-refractivity contribution in [3.63, 3.8) is 0 Å². The summed E-state index contributed by atoms with van der Waals surface area (Å²) < 4.78 is 0. The largest absolute Gasteiger partial charge is 0.352 e. The number of fused-ring (bicyclic) bond motifs is 1. The number of hydrogen-bond donors (Lipinski definition) is 2. The van der Waals surface area contributed by atoms with E-state index in [4.69, 9.17) is 0 Å². The van der Waals surface area contributed by atoms with Gasteiger partial charge in [0.2, 0.25) is 5.91 Å².